The molecule has 18 heavy (non-hydrogen) atoms. The van der Waals surface area contributed by atoms with E-state index in [9.17, 15) is 0 Å². The second-order valence-corrected chi connectivity index (χ2v) is 3.83. The number of nitrogen functional groups attached to an aromatic ring is 1. The topological polar surface area (TPSA) is 93.7 Å². The summed E-state index contributed by atoms with van der Waals surface area (Å²) in [4.78, 5) is 8.23. The number of nitriles is 1. The van der Waals surface area contributed by atoms with Crippen LogP contribution in [-0.2, 0) is 6.54 Å². The normalized spacial score (nSPS) is 10.6. The third-order valence-corrected chi connectivity index (χ3v) is 2.58. The van der Waals surface area contributed by atoms with E-state index in [4.69, 9.17) is 15.4 Å². The number of nitrogens with two attached hydrogens (primary N) is 1. The van der Waals surface area contributed by atoms with Crippen LogP contribution in [0.4, 0.5) is 5.69 Å². The molecule has 0 atom stereocenters. The first kappa shape index (κ1) is 10.4. The fourth-order valence-electron chi connectivity index (χ4n) is 1.76. The van der Waals surface area contributed by atoms with E-state index in [1.807, 2.05) is 6.07 Å². The second kappa shape index (κ2) is 3.89. The highest BCUT2D eigenvalue weighted by molar-refractivity contribution is 5.76. The lowest BCUT2D eigenvalue weighted by atomic mass is 10.3. The van der Waals surface area contributed by atoms with Crippen LogP contribution in [0.5, 0.6) is 0 Å². The molecule has 3 rings (SSSR count). The van der Waals surface area contributed by atoms with Crippen molar-refractivity contribution in [2.45, 2.75) is 6.54 Å². The predicted molar refractivity (Wildman–Crippen MR) is 64.5 cm³/mol. The molecule has 0 spiro atoms. The van der Waals surface area contributed by atoms with Gasteiger partial charge in [-0.25, -0.2) is 9.97 Å². The largest absolute Gasteiger partial charge is 0.439 e. The van der Waals surface area contributed by atoms with Gasteiger partial charge < -0.3 is 14.7 Å². The fourth-order valence-corrected chi connectivity index (χ4v) is 1.76. The summed E-state index contributed by atoms with van der Waals surface area (Å²) in [5.41, 5.74) is 7.71. The van der Waals surface area contributed by atoms with E-state index in [2.05, 4.69) is 9.97 Å². The van der Waals surface area contributed by atoms with Gasteiger partial charge in [0.1, 0.15) is 18.1 Å². The molecule has 0 aliphatic rings. The SMILES string of the molecule is N#Cc1nccn1Cc1nc2cc(N)ccc2o1. The quantitative estimate of drug-likeness (QED) is 0.684. The van der Waals surface area contributed by atoms with Crippen LogP contribution in [0.1, 0.15) is 11.7 Å². The number of oxazole rings is 1. The molecule has 0 unspecified atom stereocenters. The summed E-state index contributed by atoms with van der Waals surface area (Å²) in [6.45, 7) is 0.372. The average Bonchev–Trinajstić information content (AvgIpc) is 2.94. The smallest absolute Gasteiger partial charge is 0.215 e. The molecule has 0 saturated heterocycles. The molecule has 6 nitrogen and oxygen atoms in total. The Morgan fingerprint density at radius 2 is 2.33 bits per heavy atom. The molecule has 2 aromatic heterocycles. The molecule has 2 N–H and O–H groups in total. The molecule has 0 aliphatic carbocycles. The summed E-state index contributed by atoms with van der Waals surface area (Å²) in [5, 5.41) is 8.86. The minimum absolute atomic E-state index is 0.330. The molecule has 88 valence electrons. The van der Waals surface area contributed by atoms with Crippen LogP contribution in [-0.4, -0.2) is 14.5 Å². The van der Waals surface area contributed by atoms with Gasteiger partial charge in [0, 0.05) is 18.1 Å². The molecule has 2 heterocycles. The van der Waals surface area contributed by atoms with E-state index in [1.54, 1.807) is 35.2 Å². The van der Waals surface area contributed by atoms with E-state index in [0.717, 1.165) is 0 Å². The third kappa shape index (κ3) is 1.68. The van der Waals surface area contributed by atoms with Crippen LogP contribution in [0.2, 0.25) is 0 Å². The lowest BCUT2D eigenvalue weighted by molar-refractivity contribution is 0.507. The van der Waals surface area contributed by atoms with E-state index in [-0.39, 0.29) is 0 Å². The Hall–Kier alpha value is -2.81. The summed E-state index contributed by atoms with van der Waals surface area (Å²) in [6.07, 6.45) is 3.28. The Labute approximate surface area is 102 Å². The van der Waals surface area contributed by atoms with Gasteiger partial charge in [0.2, 0.25) is 11.7 Å². The van der Waals surface area contributed by atoms with Crippen LogP contribution < -0.4 is 5.73 Å². The van der Waals surface area contributed by atoms with Crippen molar-refractivity contribution in [2.75, 3.05) is 5.73 Å². The first-order valence-corrected chi connectivity index (χ1v) is 5.32. The Morgan fingerprint density at radius 3 is 3.17 bits per heavy atom. The van der Waals surface area contributed by atoms with Crippen molar-refractivity contribution in [1.29, 1.82) is 5.26 Å². The Balaban J connectivity index is 1.98. The summed E-state index contributed by atoms with van der Waals surface area (Å²) < 4.78 is 7.25. The minimum atomic E-state index is 0.330. The van der Waals surface area contributed by atoms with Gasteiger partial charge in [-0.05, 0) is 18.2 Å². The van der Waals surface area contributed by atoms with Gasteiger partial charge >= 0.3 is 0 Å². The van der Waals surface area contributed by atoms with Crippen molar-refractivity contribution in [1.82, 2.24) is 14.5 Å². The van der Waals surface area contributed by atoms with Gasteiger partial charge in [-0.1, -0.05) is 0 Å². The lowest BCUT2D eigenvalue weighted by Crippen LogP contribution is -2.01. The monoisotopic (exact) mass is 239 g/mol. The summed E-state index contributed by atoms with van der Waals surface area (Å²) in [5.74, 6) is 0.849. The van der Waals surface area contributed by atoms with Gasteiger partial charge in [0.05, 0.1) is 0 Å². The van der Waals surface area contributed by atoms with Gasteiger partial charge in [-0.2, -0.15) is 5.26 Å². The summed E-state index contributed by atoms with van der Waals surface area (Å²) >= 11 is 0. The fraction of sp³-hybridized carbons (Fsp3) is 0.0833. The van der Waals surface area contributed by atoms with Crippen molar-refractivity contribution in [3.63, 3.8) is 0 Å². The Bertz CT molecular complexity index is 749. The van der Waals surface area contributed by atoms with Gasteiger partial charge in [0.15, 0.2) is 5.58 Å². The number of hydrogen-bond donors (Lipinski definition) is 1. The number of fused-ring (bicyclic) bond motifs is 1. The van der Waals surface area contributed by atoms with Crippen molar-refractivity contribution in [3.05, 3.63) is 42.3 Å². The maximum atomic E-state index is 8.86. The molecule has 1 aromatic carbocycles. The third-order valence-electron chi connectivity index (χ3n) is 2.58. The highest BCUT2D eigenvalue weighted by Gasteiger charge is 2.09. The Morgan fingerprint density at radius 1 is 1.44 bits per heavy atom. The van der Waals surface area contributed by atoms with E-state index in [1.165, 1.54) is 0 Å². The molecular formula is C12H9N5O. The maximum absolute atomic E-state index is 8.86. The number of rotatable bonds is 2. The summed E-state index contributed by atoms with van der Waals surface area (Å²) in [7, 11) is 0. The zero-order chi connectivity index (χ0) is 12.5. The maximum Gasteiger partial charge on any atom is 0.215 e. The van der Waals surface area contributed by atoms with Crippen molar-refractivity contribution in [3.8, 4) is 6.07 Å². The number of anilines is 1. The lowest BCUT2D eigenvalue weighted by Gasteiger charge is -1.97. The molecule has 0 fully saturated rings. The molecule has 0 amide bonds. The number of nitrogens with zero attached hydrogens (tertiary/aromatic N) is 4. The molecular weight excluding hydrogens is 230 g/mol. The number of benzene rings is 1. The van der Waals surface area contributed by atoms with Gasteiger partial charge in [0.25, 0.3) is 0 Å². The summed E-state index contributed by atoms with van der Waals surface area (Å²) in [6, 6.07) is 7.29. The molecule has 0 bridgehead atoms. The highest BCUT2D eigenvalue weighted by Crippen LogP contribution is 2.19. The van der Waals surface area contributed by atoms with E-state index < -0.39 is 0 Å². The first-order valence-electron chi connectivity index (χ1n) is 5.32. The number of hydrogen-bond acceptors (Lipinski definition) is 5. The standard InChI is InChI=1S/C12H9N5O/c13-6-11-15-3-4-17(11)7-12-16-9-5-8(14)1-2-10(9)18-12/h1-5H,7,14H2. The second-order valence-electron chi connectivity index (χ2n) is 3.83. The molecule has 3 aromatic rings. The molecule has 0 radical (unpaired) electrons. The number of imidazole rings is 1. The van der Waals surface area contributed by atoms with Crippen LogP contribution in [0.15, 0.2) is 35.0 Å². The first-order chi connectivity index (χ1) is 8.76. The Kier molecular flexibility index (Phi) is 2.24. The van der Waals surface area contributed by atoms with Crippen molar-refractivity contribution >= 4 is 16.8 Å². The van der Waals surface area contributed by atoms with Gasteiger partial charge in [-0.3, -0.25) is 0 Å². The molecule has 0 aliphatic heterocycles. The van der Waals surface area contributed by atoms with Crippen molar-refractivity contribution in [2.24, 2.45) is 0 Å². The van der Waals surface area contributed by atoms with E-state index in [0.29, 0.717) is 35.0 Å². The van der Waals surface area contributed by atoms with Crippen LogP contribution in [0, 0.1) is 11.3 Å². The average molecular weight is 239 g/mol. The van der Waals surface area contributed by atoms with Crippen LogP contribution in [0.3, 0.4) is 0 Å². The molecule has 0 saturated carbocycles. The van der Waals surface area contributed by atoms with Crippen LogP contribution in [0.25, 0.3) is 11.1 Å². The van der Waals surface area contributed by atoms with Crippen molar-refractivity contribution < 1.29 is 4.42 Å². The zero-order valence-electron chi connectivity index (χ0n) is 9.37. The zero-order valence-corrected chi connectivity index (χ0v) is 9.37. The predicted octanol–water partition coefficient (Wildman–Crippen LogP) is 1.53. The highest BCUT2D eigenvalue weighted by atomic mass is 16.3. The molecule has 6 heteroatoms. The van der Waals surface area contributed by atoms with E-state index >= 15 is 0 Å². The minimum Gasteiger partial charge on any atom is -0.439 e. The van der Waals surface area contributed by atoms with Gasteiger partial charge in [-0.15, -0.1) is 0 Å². The number of aromatic nitrogens is 3. The van der Waals surface area contributed by atoms with Crippen LogP contribution >= 0.6 is 0 Å².